The van der Waals surface area contributed by atoms with Crippen LogP contribution in [0.25, 0.3) is 22.6 Å². The van der Waals surface area contributed by atoms with Crippen molar-refractivity contribution in [3.05, 3.63) is 58.1 Å². The molecule has 0 aliphatic heterocycles. The molecule has 0 fully saturated rings. The van der Waals surface area contributed by atoms with E-state index < -0.39 is 5.91 Å². The fourth-order valence-electron chi connectivity index (χ4n) is 2.51. The second-order valence-corrected chi connectivity index (χ2v) is 6.32. The molecule has 7 nitrogen and oxygen atoms in total. The molecule has 4 aromatic rings. The van der Waals surface area contributed by atoms with Gasteiger partial charge in [0.25, 0.3) is 11.8 Å². The molecule has 2 aromatic carbocycles. The van der Waals surface area contributed by atoms with Crippen molar-refractivity contribution in [2.75, 3.05) is 12.4 Å². The number of hydrogen-bond donors (Lipinski definition) is 1. The number of aromatic nitrogens is 2. The summed E-state index contributed by atoms with van der Waals surface area (Å²) in [6.45, 7) is 0. The summed E-state index contributed by atoms with van der Waals surface area (Å²) in [7, 11) is 1.55. The lowest BCUT2D eigenvalue weighted by molar-refractivity contribution is 0.102. The quantitative estimate of drug-likeness (QED) is 0.512. The van der Waals surface area contributed by atoms with E-state index in [1.807, 2.05) is 12.1 Å². The van der Waals surface area contributed by atoms with E-state index >= 15 is 0 Å². The second kappa shape index (κ2) is 6.94. The van der Waals surface area contributed by atoms with E-state index in [2.05, 4.69) is 15.5 Å². The monoisotopic (exact) mass is 403 g/mol. The zero-order chi connectivity index (χ0) is 19.0. The van der Waals surface area contributed by atoms with Crippen LogP contribution in [0.2, 0.25) is 10.0 Å². The van der Waals surface area contributed by atoms with E-state index in [9.17, 15) is 4.79 Å². The minimum Gasteiger partial charge on any atom is -0.493 e. The van der Waals surface area contributed by atoms with Gasteiger partial charge < -0.3 is 13.6 Å². The SMILES string of the molecule is COc1cccc2cc(-c3nnc(NC(=O)c4ccc(Cl)cc4Cl)o3)oc12. The van der Waals surface area contributed by atoms with Crippen molar-refractivity contribution < 1.29 is 18.4 Å². The van der Waals surface area contributed by atoms with Crippen LogP contribution in [0.15, 0.2) is 51.3 Å². The van der Waals surface area contributed by atoms with Gasteiger partial charge in [-0.25, -0.2) is 0 Å². The number of rotatable bonds is 4. The van der Waals surface area contributed by atoms with Gasteiger partial charge in [0.05, 0.1) is 17.7 Å². The first kappa shape index (κ1) is 17.4. The number of carbonyl (C=O) groups is 1. The molecule has 0 atom stereocenters. The Balaban J connectivity index is 1.59. The summed E-state index contributed by atoms with van der Waals surface area (Å²) in [6.07, 6.45) is 0. The van der Waals surface area contributed by atoms with E-state index in [4.69, 9.17) is 36.8 Å². The Morgan fingerprint density at radius 3 is 2.74 bits per heavy atom. The van der Waals surface area contributed by atoms with E-state index in [1.165, 1.54) is 12.1 Å². The van der Waals surface area contributed by atoms with Gasteiger partial charge in [0.2, 0.25) is 0 Å². The molecule has 136 valence electrons. The van der Waals surface area contributed by atoms with Gasteiger partial charge in [-0.05, 0) is 30.3 Å². The third-order valence-corrected chi connectivity index (χ3v) is 4.31. The number of carbonyl (C=O) groups excluding carboxylic acids is 1. The van der Waals surface area contributed by atoms with Crippen LogP contribution < -0.4 is 10.1 Å². The Kier molecular flexibility index (Phi) is 4.47. The zero-order valence-corrected chi connectivity index (χ0v) is 15.3. The number of furan rings is 1. The zero-order valence-electron chi connectivity index (χ0n) is 13.8. The molecule has 0 saturated heterocycles. The molecule has 2 aromatic heterocycles. The second-order valence-electron chi connectivity index (χ2n) is 5.48. The first-order valence-electron chi connectivity index (χ1n) is 7.72. The molecule has 0 unspecified atom stereocenters. The van der Waals surface area contributed by atoms with E-state index in [0.29, 0.717) is 22.1 Å². The van der Waals surface area contributed by atoms with Crippen molar-refractivity contribution in [2.45, 2.75) is 0 Å². The van der Waals surface area contributed by atoms with Crippen LogP contribution in [-0.2, 0) is 0 Å². The Labute approximate surface area is 162 Å². The van der Waals surface area contributed by atoms with Crippen molar-refractivity contribution in [3.8, 4) is 17.4 Å². The molecule has 0 radical (unpaired) electrons. The molecule has 0 aliphatic rings. The highest BCUT2D eigenvalue weighted by atomic mass is 35.5. The van der Waals surface area contributed by atoms with Gasteiger partial charge in [-0.15, -0.1) is 5.10 Å². The lowest BCUT2D eigenvalue weighted by Gasteiger charge is -2.03. The van der Waals surface area contributed by atoms with Gasteiger partial charge in [0, 0.05) is 10.4 Å². The van der Waals surface area contributed by atoms with Crippen LogP contribution in [0.1, 0.15) is 10.4 Å². The van der Waals surface area contributed by atoms with Crippen LogP contribution in [-0.4, -0.2) is 23.2 Å². The highest BCUT2D eigenvalue weighted by Gasteiger charge is 2.18. The first-order valence-corrected chi connectivity index (χ1v) is 8.47. The van der Waals surface area contributed by atoms with Crippen molar-refractivity contribution in [2.24, 2.45) is 0 Å². The number of hydrogen-bond acceptors (Lipinski definition) is 6. The number of para-hydroxylation sites is 1. The fraction of sp³-hybridized carbons (Fsp3) is 0.0556. The number of nitrogens with zero attached hydrogens (tertiary/aromatic N) is 2. The van der Waals surface area contributed by atoms with Crippen molar-refractivity contribution in [1.29, 1.82) is 0 Å². The van der Waals surface area contributed by atoms with Gasteiger partial charge >= 0.3 is 6.01 Å². The number of nitrogens with one attached hydrogen (secondary N) is 1. The Morgan fingerprint density at radius 1 is 1.11 bits per heavy atom. The number of amides is 1. The number of ether oxygens (including phenoxy) is 1. The number of benzene rings is 2. The summed E-state index contributed by atoms with van der Waals surface area (Å²) < 4.78 is 16.5. The minimum absolute atomic E-state index is 0.0894. The molecule has 0 bridgehead atoms. The highest BCUT2D eigenvalue weighted by Crippen LogP contribution is 2.33. The molecule has 9 heteroatoms. The summed E-state index contributed by atoms with van der Waals surface area (Å²) in [6, 6.07) is 11.7. The third-order valence-electron chi connectivity index (χ3n) is 3.76. The molecule has 0 aliphatic carbocycles. The van der Waals surface area contributed by atoms with Gasteiger partial charge in [0.1, 0.15) is 0 Å². The van der Waals surface area contributed by atoms with Crippen molar-refractivity contribution in [3.63, 3.8) is 0 Å². The smallest absolute Gasteiger partial charge is 0.322 e. The summed E-state index contributed by atoms with van der Waals surface area (Å²) in [5, 5.41) is 11.7. The number of methoxy groups -OCH3 is 1. The molecule has 1 amide bonds. The van der Waals surface area contributed by atoms with Crippen LogP contribution in [0.3, 0.4) is 0 Å². The van der Waals surface area contributed by atoms with Crippen LogP contribution >= 0.6 is 23.2 Å². The molecule has 1 N–H and O–H groups in total. The standard InChI is InChI=1S/C18H11Cl2N3O4/c1-25-13-4-2-3-9-7-14(26-15(9)13)17-22-23-18(27-17)21-16(24)11-6-5-10(19)8-12(11)20/h2-8H,1H3,(H,21,23,24). The summed E-state index contributed by atoms with van der Waals surface area (Å²) >= 11 is 11.9. The maximum Gasteiger partial charge on any atom is 0.322 e. The number of halogens is 2. The molecular weight excluding hydrogens is 393 g/mol. The van der Waals surface area contributed by atoms with Crippen molar-refractivity contribution >= 4 is 46.1 Å². The molecule has 27 heavy (non-hydrogen) atoms. The maximum absolute atomic E-state index is 12.3. The molecular formula is C18H11Cl2N3O4. The van der Waals surface area contributed by atoms with Gasteiger partial charge in [-0.2, -0.15) is 0 Å². The number of anilines is 1. The predicted molar refractivity (Wildman–Crippen MR) is 100 cm³/mol. The van der Waals surface area contributed by atoms with Gasteiger partial charge in [-0.1, -0.05) is 40.4 Å². The summed E-state index contributed by atoms with van der Waals surface area (Å²) in [4.78, 5) is 12.3. The largest absolute Gasteiger partial charge is 0.493 e. The Morgan fingerprint density at radius 2 is 1.96 bits per heavy atom. The number of fused-ring (bicyclic) bond motifs is 1. The van der Waals surface area contributed by atoms with Crippen LogP contribution in [0.4, 0.5) is 6.01 Å². The molecule has 4 rings (SSSR count). The van der Waals surface area contributed by atoms with E-state index in [-0.39, 0.29) is 22.5 Å². The topological polar surface area (TPSA) is 90.4 Å². The fourth-order valence-corrected chi connectivity index (χ4v) is 3.01. The average molecular weight is 404 g/mol. The first-order chi connectivity index (χ1) is 13.0. The van der Waals surface area contributed by atoms with Crippen LogP contribution in [0, 0.1) is 0 Å². The predicted octanol–water partition coefficient (Wildman–Crippen LogP) is 5.05. The van der Waals surface area contributed by atoms with Gasteiger partial charge in [-0.3, -0.25) is 10.1 Å². The minimum atomic E-state index is -0.502. The summed E-state index contributed by atoms with van der Waals surface area (Å²) in [5.74, 6) is 0.556. The highest BCUT2D eigenvalue weighted by molar-refractivity contribution is 6.37. The third kappa shape index (κ3) is 3.34. The maximum atomic E-state index is 12.3. The lowest BCUT2D eigenvalue weighted by atomic mass is 10.2. The lowest BCUT2D eigenvalue weighted by Crippen LogP contribution is -2.12. The summed E-state index contributed by atoms with van der Waals surface area (Å²) in [5.41, 5.74) is 0.793. The Hall–Kier alpha value is -3.03. The Bertz CT molecular complexity index is 1150. The molecule has 0 saturated carbocycles. The van der Waals surface area contributed by atoms with Crippen molar-refractivity contribution in [1.82, 2.24) is 10.2 Å². The molecule has 2 heterocycles. The average Bonchev–Trinajstić information content (AvgIpc) is 3.27. The van der Waals surface area contributed by atoms with E-state index in [0.717, 1.165) is 5.39 Å². The van der Waals surface area contributed by atoms with Gasteiger partial charge in [0.15, 0.2) is 17.1 Å². The normalized spacial score (nSPS) is 10.9. The molecule has 0 spiro atoms. The van der Waals surface area contributed by atoms with Crippen LogP contribution in [0.5, 0.6) is 5.75 Å². The van der Waals surface area contributed by atoms with E-state index in [1.54, 1.807) is 25.3 Å².